The third-order valence-corrected chi connectivity index (χ3v) is 2.97. The van der Waals surface area contributed by atoms with Gasteiger partial charge in [0.25, 0.3) is 0 Å². The Labute approximate surface area is 117 Å². The van der Waals surface area contributed by atoms with Crippen LogP contribution in [-0.4, -0.2) is 16.6 Å². The van der Waals surface area contributed by atoms with Crippen molar-refractivity contribution in [1.29, 1.82) is 0 Å². The molecule has 0 atom stereocenters. The number of halogens is 3. The van der Waals surface area contributed by atoms with Crippen molar-refractivity contribution in [2.45, 2.75) is 12.3 Å². The molecule has 0 saturated carbocycles. The highest BCUT2D eigenvalue weighted by atomic mass is 79.9. The van der Waals surface area contributed by atoms with Crippen molar-refractivity contribution in [2.24, 2.45) is 0 Å². The maximum atomic E-state index is 13.3. The molecule has 0 bridgehead atoms. The van der Waals surface area contributed by atoms with Gasteiger partial charge in [-0.1, -0.05) is 15.9 Å². The number of nitrogens with zero attached hydrogens (tertiary/aromatic N) is 2. The van der Waals surface area contributed by atoms with Crippen LogP contribution in [0.3, 0.4) is 0 Å². The molecule has 0 aliphatic carbocycles. The number of hydrogen-bond donors (Lipinski definition) is 0. The van der Waals surface area contributed by atoms with Crippen LogP contribution in [-0.2, 0) is 5.33 Å². The molecule has 0 saturated heterocycles. The summed E-state index contributed by atoms with van der Waals surface area (Å²) in [6.45, 7) is 2.23. The van der Waals surface area contributed by atoms with Gasteiger partial charge in [0.15, 0.2) is 11.6 Å². The number of benzene rings is 1. The summed E-state index contributed by atoms with van der Waals surface area (Å²) >= 11 is 3.28. The fraction of sp³-hybridized carbons (Fsp3) is 0.231. The first-order chi connectivity index (χ1) is 9.15. The Kier molecular flexibility index (Phi) is 4.42. The molecule has 19 heavy (non-hydrogen) atoms. The molecule has 100 valence electrons. The largest absolute Gasteiger partial charge is 0.476 e. The Morgan fingerprint density at radius 1 is 1.26 bits per heavy atom. The molecule has 3 nitrogen and oxygen atoms in total. The minimum Gasteiger partial charge on any atom is -0.476 e. The van der Waals surface area contributed by atoms with Gasteiger partial charge in [0.05, 0.1) is 18.5 Å². The molecule has 0 amide bonds. The highest BCUT2D eigenvalue weighted by molar-refractivity contribution is 9.08. The second-order valence-electron chi connectivity index (χ2n) is 3.71. The Bertz CT molecular complexity index is 593. The van der Waals surface area contributed by atoms with Crippen LogP contribution in [0, 0.1) is 11.6 Å². The molecule has 0 radical (unpaired) electrons. The van der Waals surface area contributed by atoms with Crippen LogP contribution in [0.2, 0.25) is 0 Å². The van der Waals surface area contributed by atoms with Crippen LogP contribution in [0.15, 0.2) is 24.4 Å². The molecule has 0 fully saturated rings. The predicted octanol–water partition coefficient (Wildman–Crippen LogP) is 3.72. The fourth-order valence-electron chi connectivity index (χ4n) is 1.55. The second kappa shape index (κ2) is 6.06. The zero-order valence-electron chi connectivity index (χ0n) is 10.2. The molecule has 1 aromatic carbocycles. The van der Waals surface area contributed by atoms with Crippen molar-refractivity contribution in [3.05, 3.63) is 41.7 Å². The maximum absolute atomic E-state index is 13.3. The standard InChI is InChI=1S/C13H11BrF2N2O/c1-2-19-13-12(18-9(6-14)7-17-13)8-3-4-10(15)11(16)5-8/h3-5,7H,2,6H2,1H3. The molecule has 0 aliphatic rings. The van der Waals surface area contributed by atoms with Gasteiger partial charge in [-0.05, 0) is 25.1 Å². The third-order valence-electron chi connectivity index (χ3n) is 2.40. The zero-order chi connectivity index (χ0) is 13.8. The normalized spacial score (nSPS) is 10.5. The summed E-state index contributed by atoms with van der Waals surface area (Å²) in [5.41, 5.74) is 1.51. The van der Waals surface area contributed by atoms with E-state index < -0.39 is 11.6 Å². The number of ether oxygens (including phenoxy) is 1. The Balaban J connectivity index is 2.53. The molecule has 0 spiro atoms. The lowest BCUT2D eigenvalue weighted by molar-refractivity contribution is 0.326. The molecule has 0 unspecified atom stereocenters. The number of aromatic nitrogens is 2. The van der Waals surface area contributed by atoms with Gasteiger partial charge in [-0.3, -0.25) is 0 Å². The van der Waals surface area contributed by atoms with E-state index in [1.807, 2.05) is 6.92 Å². The van der Waals surface area contributed by atoms with Crippen molar-refractivity contribution in [3.8, 4) is 17.1 Å². The number of rotatable bonds is 4. The van der Waals surface area contributed by atoms with E-state index in [1.165, 1.54) is 6.07 Å². The molecular formula is C13H11BrF2N2O. The van der Waals surface area contributed by atoms with Crippen molar-refractivity contribution >= 4 is 15.9 Å². The number of hydrogen-bond acceptors (Lipinski definition) is 3. The van der Waals surface area contributed by atoms with Crippen molar-refractivity contribution in [3.63, 3.8) is 0 Å². The van der Waals surface area contributed by atoms with Crippen LogP contribution in [0.25, 0.3) is 11.3 Å². The smallest absolute Gasteiger partial charge is 0.240 e. The van der Waals surface area contributed by atoms with Crippen LogP contribution in [0.5, 0.6) is 5.88 Å². The van der Waals surface area contributed by atoms with E-state index in [0.29, 0.717) is 34.8 Å². The zero-order valence-corrected chi connectivity index (χ0v) is 11.7. The van der Waals surface area contributed by atoms with Crippen LogP contribution < -0.4 is 4.74 Å². The maximum Gasteiger partial charge on any atom is 0.240 e. The van der Waals surface area contributed by atoms with Gasteiger partial charge in [-0.15, -0.1) is 0 Å². The lowest BCUT2D eigenvalue weighted by atomic mass is 10.1. The summed E-state index contributed by atoms with van der Waals surface area (Å²) in [5.74, 6) is -1.52. The molecule has 6 heteroatoms. The molecular weight excluding hydrogens is 318 g/mol. The van der Waals surface area contributed by atoms with Crippen molar-refractivity contribution in [2.75, 3.05) is 6.61 Å². The van der Waals surface area contributed by atoms with E-state index in [-0.39, 0.29) is 0 Å². The van der Waals surface area contributed by atoms with Crippen molar-refractivity contribution in [1.82, 2.24) is 9.97 Å². The molecule has 2 aromatic rings. The quantitative estimate of drug-likeness (QED) is 0.802. The van der Waals surface area contributed by atoms with Crippen LogP contribution in [0.4, 0.5) is 8.78 Å². The van der Waals surface area contributed by atoms with Gasteiger partial charge in [0.1, 0.15) is 5.69 Å². The van der Waals surface area contributed by atoms with E-state index >= 15 is 0 Å². The van der Waals surface area contributed by atoms with E-state index in [0.717, 1.165) is 12.1 Å². The van der Waals surface area contributed by atoms with Gasteiger partial charge < -0.3 is 4.74 Å². The summed E-state index contributed by atoms with van der Waals surface area (Å²) in [6.07, 6.45) is 1.57. The minimum atomic E-state index is -0.925. The first-order valence-corrected chi connectivity index (χ1v) is 6.78. The summed E-state index contributed by atoms with van der Waals surface area (Å²) < 4.78 is 31.6. The molecule has 1 aromatic heterocycles. The second-order valence-corrected chi connectivity index (χ2v) is 4.27. The minimum absolute atomic E-state index is 0.304. The van der Waals surface area contributed by atoms with Gasteiger partial charge in [-0.25, -0.2) is 18.7 Å². The predicted molar refractivity (Wildman–Crippen MR) is 71.2 cm³/mol. The molecule has 1 heterocycles. The first-order valence-electron chi connectivity index (χ1n) is 5.65. The average Bonchev–Trinajstić information content (AvgIpc) is 2.43. The first kappa shape index (κ1) is 13.9. The molecule has 2 rings (SSSR count). The highest BCUT2D eigenvalue weighted by Gasteiger charge is 2.13. The molecule has 0 N–H and O–H groups in total. The Morgan fingerprint density at radius 3 is 2.68 bits per heavy atom. The average molecular weight is 329 g/mol. The Hall–Kier alpha value is -1.56. The number of alkyl halides is 1. The summed E-state index contributed by atoms with van der Waals surface area (Å²) in [7, 11) is 0. The summed E-state index contributed by atoms with van der Waals surface area (Å²) in [6, 6.07) is 3.59. The highest BCUT2D eigenvalue weighted by Crippen LogP contribution is 2.27. The molecule has 0 aliphatic heterocycles. The van der Waals surface area contributed by atoms with Gasteiger partial charge in [-0.2, -0.15) is 0 Å². The van der Waals surface area contributed by atoms with E-state index in [2.05, 4.69) is 25.9 Å². The van der Waals surface area contributed by atoms with Crippen LogP contribution in [0.1, 0.15) is 12.6 Å². The summed E-state index contributed by atoms with van der Waals surface area (Å²) in [5, 5.41) is 0.517. The van der Waals surface area contributed by atoms with Gasteiger partial charge in [0.2, 0.25) is 5.88 Å². The van der Waals surface area contributed by atoms with E-state index in [9.17, 15) is 8.78 Å². The third kappa shape index (κ3) is 3.07. The topological polar surface area (TPSA) is 35.0 Å². The fourth-order valence-corrected chi connectivity index (χ4v) is 1.82. The van der Waals surface area contributed by atoms with E-state index in [4.69, 9.17) is 4.74 Å². The lowest BCUT2D eigenvalue weighted by Crippen LogP contribution is -2.01. The van der Waals surface area contributed by atoms with Gasteiger partial charge in [0, 0.05) is 10.9 Å². The van der Waals surface area contributed by atoms with E-state index in [1.54, 1.807) is 6.20 Å². The van der Waals surface area contributed by atoms with Gasteiger partial charge >= 0.3 is 0 Å². The summed E-state index contributed by atoms with van der Waals surface area (Å²) in [4.78, 5) is 8.46. The Morgan fingerprint density at radius 2 is 2.05 bits per heavy atom. The lowest BCUT2D eigenvalue weighted by Gasteiger charge is -2.09. The monoisotopic (exact) mass is 328 g/mol. The SMILES string of the molecule is CCOc1ncc(CBr)nc1-c1ccc(F)c(F)c1. The van der Waals surface area contributed by atoms with Crippen molar-refractivity contribution < 1.29 is 13.5 Å². The van der Waals surface area contributed by atoms with Crippen LogP contribution >= 0.6 is 15.9 Å².